The quantitative estimate of drug-likeness (QED) is 0.770. The fourth-order valence-corrected chi connectivity index (χ4v) is 2.07. The number of carbonyl (C=O) groups is 1. The molecule has 1 heterocycles. The molecule has 1 aromatic rings. The Morgan fingerprint density at radius 3 is 2.65 bits per heavy atom. The third-order valence-corrected chi connectivity index (χ3v) is 3.21. The zero-order chi connectivity index (χ0) is 12.4. The molecule has 92 valence electrons. The minimum absolute atomic E-state index is 0.0457. The number of amides is 1. The molecule has 0 saturated carbocycles. The topological polar surface area (TPSA) is 29.5 Å². The smallest absolute Gasteiger partial charge is 0.254 e. The molecular weight excluding hydrogens is 238 g/mol. The molecule has 2 atom stereocenters. The molecule has 3 nitrogen and oxygen atoms in total. The first-order chi connectivity index (χ1) is 8.08. The van der Waals surface area contributed by atoms with E-state index < -0.39 is 0 Å². The first-order valence-corrected chi connectivity index (χ1v) is 6.14. The van der Waals surface area contributed by atoms with Gasteiger partial charge in [0.15, 0.2) is 0 Å². The molecule has 4 heteroatoms. The largest absolute Gasteiger partial charge is 0.375 e. The van der Waals surface area contributed by atoms with E-state index in [1.807, 2.05) is 18.7 Å². The van der Waals surface area contributed by atoms with Crippen molar-refractivity contribution in [2.24, 2.45) is 0 Å². The molecule has 1 aliphatic rings. The predicted octanol–water partition coefficient (Wildman–Crippen LogP) is 2.59. The van der Waals surface area contributed by atoms with Crippen LogP contribution in [-0.2, 0) is 4.74 Å². The summed E-state index contributed by atoms with van der Waals surface area (Å²) in [5, 5.41) is 0.643. The van der Waals surface area contributed by atoms with Crippen molar-refractivity contribution < 1.29 is 9.53 Å². The number of hydrogen-bond donors (Lipinski definition) is 0. The van der Waals surface area contributed by atoms with Crippen molar-refractivity contribution >= 4 is 17.5 Å². The highest BCUT2D eigenvalue weighted by Gasteiger charge is 2.27. The second-order valence-corrected chi connectivity index (χ2v) is 4.89. The van der Waals surface area contributed by atoms with Gasteiger partial charge in [-0.1, -0.05) is 11.6 Å². The van der Waals surface area contributed by atoms with Crippen molar-refractivity contribution in [3.8, 4) is 0 Å². The zero-order valence-corrected chi connectivity index (χ0v) is 10.8. The van der Waals surface area contributed by atoms with Gasteiger partial charge < -0.3 is 9.64 Å². The van der Waals surface area contributed by atoms with E-state index in [4.69, 9.17) is 16.3 Å². The van der Waals surface area contributed by atoms with E-state index in [1.165, 1.54) is 0 Å². The number of morpholine rings is 1. The molecule has 1 amide bonds. The number of carbonyl (C=O) groups excluding carboxylic acids is 1. The Labute approximate surface area is 106 Å². The fraction of sp³-hybridized carbons (Fsp3) is 0.462. The Kier molecular flexibility index (Phi) is 3.69. The van der Waals surface area contributed by atoms with E-state index in [2.05, 4.69) is 0 Å². The lowest BCUT2D eigenvalue weighted by Gasteiger charge is -2.36. The van der Waals surface area contributed by atoms with Crippen molar-refractivity contribution in [1.82, 2.24) is 4.90 Å². The van der Waals surface area contributed by atoms with Crippen LogP contribution in [0.5, 0.6) is 0 Å². The Morgan fingerprint density at radius 1 is 1.35 bits per heavy atom. The highest BCUT2D eigenvalue weighted by molar-refractivity contribution is 6.30. The summed E-state index contributed by atoms with van der Waals surface area (Å²) in [7, 11) is 0. The van der Waals surface area contributed by atoms with Crippen LogP contribution in [0.1, 0.15) is 24.2 Å². The van der Waals surface area contributed by atoms with Gasteiger partial charge in [-0.15, -0.1) is 0 Å². The highest BCUT2D eigenvalue weighted by atomic mass is 35.5. The number of rotatable bonds is 1. The van der Waals surface area contributed by atoms with Gasteiger partial charge in [-0.2, -0.15) is 0 Å². The molecule has 0 aliphatic carbocycles. The number of halogens is 1. The lowest BCUT2D eigenvalue weighted by molar-refractivity contribution is -0.0387. The van der Waals surface area contributed by atoms with Gasteiger partial charge in [-0.3, -0.25) is 4.79 Å². The summed E-state index contributed by atoms with van der Waals surface area (Å²) in [5.74, 6) is 0.0457. The van der Waals surface area contributed by atoms with Crippen LogP contribution >= 0.6 is 11.6 Å². The van der Waals surface area contributed by atoms with Gasteiger partial charge in [-0.25, -0.2) is 0 Å². The molecule has 0 bridgehead atoms. The van der Waals surface area contributed by atoms with Gasteiger partial charge in [0.2, 0.25) is 0 Å². The van der Waals surface area contributed by atoms with Crippen LogP contribution in [0.25, 0.3) is 0 Å². The monoisotopic (exact) mass is 253 g/mol. The molecule has 0 spiro atoms. The molecule has 1 saturated heterocycles. The van der Waals surface area contributed by atoms with E-state index in [0.717, 1.165) is 0 Å². The standard InChI is InChI=1S/C13H16ClNO2/c1-9-8-17-10(2)7-15(9)13(16)11-3-5-12(14)6-4-11/h3-6,9-10H,7-8H2,1-2H3. The van der Waals surface area contributed by atoms with Crippen LogP contribution in [0.15, 0.2) is 24.3 Å². The third kappa shape index (κ3) is 2.79. The Bertz CT molecular complexity index is 404. The molecule has 0 N–H and O–H groups in total. The molecule has 0 aromatic heterocycles. The number of hydrogen-bond acceptors (Lipinski definition) is 2. The SMILES string of the molecule is CC1CN(C(=O)c2ccc(Cl)cc2)C(C)CO1. The van der Waals surface area contributed by atoms with Crippen LogP contribution in [0, 0.1) is 0 Å². The maximum Gasteiger partial charge on any atom is 0.254 e. The third-order valence-electron chi connectivity index (χ3n) is 2.96. The highest BCUT2D eigenvalue weighted by Crippen LogP contribution is 2.17. The number of nitrogens with zero attached hydrogens (tertiary/aromatic N) is 1. The van der Waals surface area contributed by atoms with Gasteiger partial charge in [-0.05, 0) is 38.1 Å². The predicted molar refractivity (Wildman–Crippen MR) is 67.4 cm³/mol. The normalized spacial score (nSPS) is 24.8. The van der Waals surface area contributed by atoms with Gasteiger partial charge in [0.25, 0.3) is 5.91 Å². The van der Waals surface area contributed by atoms with Gasteiger partial charge in [0, 0.05) is 17.1 Å². The van der Waals surface area contributed by atoms with Crippen molar-refractivity contribution in [3.63, 3.8) is 0 Å². The maximum absolute atomic E-state index is 12.3. The molecule has 1 aromatic carbocycles. The van der Waals surface area contributed by atoms with E-state index in [1.54, 1.807) is 24.3 Å². The lowest BCUT2D eigenvalue weighted by atomic mass is 10.1. The fourth-order valence-electron chi connectivity index (χ4n) is 1.94. The molecule has 2 unspecified atom stereocenters. The second-order valence-electron chi connectivity index (χ2n) is 4.46. The maximum atomic E-state index is 12.3. The summed E-state index contributed by atoms with van der Waals surface area (Å²) in [6.07, 6.45) is 0.0995. The van der Waals surface area contributed by atoms with Crippen molar-refractivity contribution in [2.75, 3.05) is 13.2 Å². The average molecular weight is 254 g/mol. The van der Waals surface area contributed by atoms with E-state index in [0.29, 0.717) is 23.7 Å². The molecule has 0 radical (unpaired) electrons. The van der Waals surface area contributed by atoms with Crippen molar-refractivity contribution in [1.29, 1.82) is 0 Å². The van der Waals surface area contributed by atoms with Crippen LogP contribution in [-0.4, -0.2) is 36.1 Å². The summed E-state index contributed by atoms with van der Waals surface area (Å²) >= 11 is 5.81. The van der Waals surface area contributed by atoms with Gasteiger partial charge in [0.1, 0.15) is 0 Å². The van der Waals surface area contributed by atoms with Crippen LogP contribution in [0.2, 0.25) is 5.02 Å². The Balaban J connectivity index is 2.15. The Hall–Kier alpha value is -1.06. The lowest BCUT2D eigenvalue weighted by Crippen LogP contribution is -2.50. The molecule has 1 fully saturated rings. The average Bonchev–Trinajstić information content (AvgIpc) is 2.32. The summed E-state index contributed by atoms with van der Waals surface area (Å²) in [6.45, 7) is 5.22. The van der Waals surface area contributed by atoms with Crippen molar-refractivity contribution in [2.45, 2.75) is 26.0 Å². The number of ether oxygens (including phenoxy) is 1. The first kappa shape index (κ1) is 12.4. The van der Waals surface area contributed by atoms with E-state index in [-0.39, 0.29) is 18.1 Å². The van der Waals surface area contributed by atoms with Crippen LogP contribution < -0.4 is 0 Å². The zero-order valence-electron chi connectivity index (χ0n) is 10.0. The molecule has 1 aliphatic heterocycles. The summed E-state index contributed by atoms with van der Waals surface area (Å²) in [5.41, 5.74) is 0.676. The van der Waals surface area contributed by atoms with Gasteiger partial charge in [0.05, 0.1) is 18.8 Å². The van der Waals surface area contributed by atoms with Crippen LogP contribution in [0.3, 0.4) is 0 Å². The molecule has 17 heavy (non-hydrogen) atoms. The first-order valence-electron chi connectivity index (χ1n) is 5.76. The minimum atomic E-state index is 0.0457. The molecular formula is C13H16ClNO2. The minimum Gasteiger partial charge on any atom is -0.375 e. The van der Waals surface area contributed by atoms with E-state index >= 15 is 0 Å². The van der Waals surface area contributed by atoms with Crippen LogP contribution in [0.4, 0.5) is 0 Å². The van der Waals surface area contributed by atoms with Crippen molar-refractivity contribution in [3.05, 3.63) is 34.9 Å². The van der Waals surface area contributed by atoms with Gasteiger partial charge >= 0.3 is 0 Å². The Morgan fingerprint density at radius 2 is 2.00 bits per heavy atom. The van der Waals surface area contributed by atoms with E-state index in [9.17, 15) is 4.79 Å². The summed E-state index contributed by atoms with van der Waals surface area (Å²) in [4.78, 5) is 14.2. The number of benzene rings is 1. The summed E-state index contributed by atoms with van der Waals surface area (Å²) in [6, 6.07) is 7.12. The molecule has 2 rings (SSSR count). The second kappa shape index (κ2) is 5.07. The summed E-state index contributed by atoms with van der Waals surface area (Å²) < 4.78 is 5.51.